The van der Waals surface area contributed by atoms with E-state index in [0.29, 0.717) is 5.92 Å². The molecular weight excluding hydrogens is 544 g/mol. The van der Waals surface area contributed by atoms with Gasteiger partial charge in [-0.2, -0.15) is 0 Å². The monoisotopic (exact) mass is 615 g/mol. The Morgan fingerprint density at radius 3 is 1.24 bits per heavy atom. The molecule has 0 radical (unpaired) electrons. The van der Waals surface area contributed by atoms with Gasteiger partial charge in [-0.15, -0.1) is 0 Å². The average Bonchev–Trinajstić information content (AvgIpc) is 3.40. The fourth-order valence-electron chi connectivity index (χ4n) is 7.80. The van der Waals surface area contributed by atoms with Crippen LogP contribution in [-0.4, -0.2) is 28.6 Å². The fourth-order valence-corrected chi connectivity index (χ4v) is 7.80. The molecule has 0 aliphatic carbocycles. The van der Waals surface area contributed by atoms with E-state index in [1.165, 1.54) is 140 Å². The van der Waals surface area contributed by atoms with Crippen LogP contribution in [0.4, 0.5) is 0 Å². The number of benzene rings is 2. The molecule has 2 aromatic carbocycles. The van der Waals surface area contributed by atoms with Crippen LogP contribution in [-0.2, 0) is 6.42 Å². The first-order valence-electron chi connectivity index (χ1n) is 19.6. The molecule has 2 nitrogen and oxygen atoms in total. The highest BCUT2D eigenvalue weighted by atomic mass is 15.4. The van der Waals surface area contributed by atoms with Crippen LogP contribution in [0, 0.1) is 0 Å². The maximum absolute atomic E-state index is 2.78. The minimum Gasteiger partial charge on any atom is -0.353 e. The van der Waals surface area contributed by atoms with Crippen LogP contribution in [0.25, 0.3) is 0 Å². The Bertz CT molecular complexity index is 985. The van der Waals surface area contributed by atoms with Crippen molar-refractivity contribution in [2.75, 3.05) is 13.1 Å². The summed E-state index contributed by atoms with van der Waals surface area (Å²) in [6.45, 7) is 9.33. The largest absolute Gasteiger partial charge is 0.353 e. The van der Waals surface area contributed by atoms with Crippen LogP contribution in [0.3, 0.4) is 0 Å². The molecule has 2 atom stereocenters. The van der Waals surface area contributed by atoms with Crippen molar-refractivity contribution in [3.8, 4) is 0 Å². The molecule has 2 heteroatoms. The highest BCUT2D eigenvalue weighted by Crippen LogP contribution is 2.45. The van der Waals surface area contributed by atoms with Crippen LogP contribution in [0.1, 0.15) is 173 Å². The molecule has 252 valence electrons. The van der Waals surface area contributed by atoms with Gasteiger partial charge in [-0.05, 0) is 30.4 Å². The topological polar surface area (TPSA) is 6.48 Å². The first-order chi connectivity index (χ1) is 22.3. The second-order valence-corrected chi connectivity index (χ2v) is 14.0. The number of hydrogen-bond acceptors (Lipinski definition) is 2. The Kier molecular flexibility index (Phi) is 19.2. The van der Waals surface area contributed by atoms with E-state index in [0.717, 1.165) is 25.9 Å². The van der Waals surface area contributed by atoms with Gasteiger partial charge in [0.25, 0.3) is 0 Å². The fraction of sp³-hybridized carbons (Fsp3) is 0.674. The Labute approximate surface area is 280 Å². The Morgan fingerprint density at radius 2 is 0.844 bits per heavy atom. The SMILES string of the molecule is CCCCCCCCCCCCCCCN1C=CN(CCCCCCCCC)C1(Cc1ccccc1)C(CC)c1ccccc1. The zero-order valence-electron chi connectivity index (χ0n) is 29.9. The summed E-state index contributed by atoms with van der Waals surface area (Å²) in [6, 6.07) is 22.8. The summed E-state index contributed by atoms with van der Waals surface area (Å²) >= 11 is 0. The van der Waals surface area contributed by atoms with Gasteiger partial charge in [-0.25, -0.2) is 0 Å². The molecule has 2 unspecified atom stereocenters. The van der Waals surface area contributed by atoms with Crippen molar-refractivity contribution < 1.29 is 0 Å². The van der Waals surface area contributed by atoms with E-state index in [2.05, 4.69) is 104 Å². The van der Waals surface area contributed by atoms with Gasteiger partial charge in [0.05, 0.1) is 0 Å². The van der Waals surface area contributed by atoms with Gasteiger partial charge in [0.15, 0.2) is 0 Å². The Hall–Kier alpha value is -2.22. The van der Waals surface area contributed by atoms with Gasteiger partial charge in [-0.3, -0.25) is 0 Å². The zero-order valence-corrected chi connectivity index (χ0v) is 29.9. The predicted molar refractivity (Wildman–Crippen MR) is 199 cm³/mol. The minimum absolute atomic E-state index is 0.0587. The van der Waals surface area contributed by atoms with E-state index in [-0.39, 0.29) is 5.66 Å². The highest BCUT2D eigenvalue weighted by molar-refractivity contribution is 5.30. The van der Waals surface area contributed by atoms with Gasteiger partial charge < -0.3 is 9.80 Å². The molecule has 0 saturated heterocycles. The molecule has 1 aliphatic rings. The summed E-state index contributed by atoms with van der Waals surface area (Å²) in [5.41, 5.74) is 2.88. The van der Waals surface area contributed by atoms with Crippen LogP contribution in [0.2, 0.25) is 0 Å². The van der Waals surface area contributed by atoms with Gasteiger partial charge >= 0.3 is 0 Å². The summed E-state index contributed by atoms with van der Waals surface area (Å²) < 4.78 is 0. The van der Waals surface area contributed by atoms with Crippen LogP contribution < -0.4 is 0 Å². The molecular formula is C43H70N2. The number of hydrogen-bond donors (Lipinski definition) is 0. The minimum atomic E-state index is -0.0587. The summed E-state index contributed by atoms with van der Waals surface area (Å²) in [5, 5.41) is 0. The van der Waals surface area contributed by atoms with Crippen molar-refractivity contribution >= 4 is 0 Å². The van der Waals surface area contributed by atoms with Crippen LogP contribution >= 0.6 is 0 Å². The third kappa shape index (κ3) is 12.8. The highest BCUT2D eigenvalue weighted by Gasteiger charge is 2.49. The third-order valence-corrected chi connectivity index (χ3v) is 10.4. The van der Waals surface area contributed by atoms with Crippen LogP contribution in [0.5, 0.6) is 0 Å². The Balaban J connectivity index is 1.63. The molecule has 0 saturated carbocycles. The summed E-state index contributed by atoms with van der Waals surface area (Å²) in [4.78, 5) is 5.55. The first kappa shape index (κ1) is 37.2. The second-order valence-electron chi connectivity index (χ2n) is 14.0. The molecule has 2 aromatic rings. The molecule has 0 fully saturated rings. The van der Waals surface area contributed by atoms with E-state index in [1.807, 2.05) is 0 Å². The molecule has 0 aromatic heterocycles. The van der Waals surface area contributed by atoms with E-state index in [4.69, 9.17) is 0 Å². The molecule has 0 amide bonds. The smallest absolute Gasteiger partial charge is 0.123 e. The lowest BCUT2D eigenvalue weighted by Gasteiger charge is -2.51. The lowest BCUT2D eigenvalue weighted by molar-refractivity contribution is -0.00378. The van der Waals surface area contributed by atoms with Crippen molar-refractivity contribution in [2.45, 2.75) is 174 Å². The van der Waals surface area contributed by atoms with Gasteiger partial charge in [0.1, 0.15) is 5.66 Å². The molecule has 1 aliphatic heterocycles. The quantitative estimate of drug-likeness (QED) is 0.0924. The standard InChI is InChI=1S/C43H70N2/c1-4-7-9-11-13-14-15-16-17-18-20-22-30-36-45-38-37-44(35-29-21-19-12-10-8-5-2)43(45,39-40-31-25-23-26-32-40)42(6-3)41-33-27-24-28-34-41/h23-28,31-34,37-38,42H,4-22,29-30,35-36,39H2,1-3H3. The number of rotatable bonds is 27. The van der Waals surface area contributed by atoms with Crippen molar-refractivity contribution in [2.24, 2.45) is 0 Å². The molecule has 0 bridgehead atoms. The maximum Gasteiger partial charge on any atom is 0.123 e. The third-order valence-electron chi connectivity index (χ3n) is 10.4. The number of nitrogens with zero attached hydrogens (tertiary/aromatic N) is 2. The summed E-state index contributed by atoms with van der Waals surface area (Å²) in [6.07, 6.45) is 34.9. The van der Waals surface area contributed by atoms with E-state index in [1.54, 1.807) is 0 Å². The Morgan fingerprint density at radius 1 is 0.467 bits per heavy atom. The predicted octanol–water partition coefficient (Wildman–Crippen LogP) is 13.0. The summed E-state index contributed by atoms with van der Waals surface area (Å²) in [5.74, 6) is 0.445. The first-order valence-corrected chi connectivity index (χ1v) is 19.6. The second kappa shape index (κ2) is 23.2. The lowest BCUT2D eigenvalue weighted by Crippen LogP contribution is -2.59. The molecule has 0 N–H and O–H groups in total. The molecule has 0 spiro atoms. The van der Waals surface area contributed by atoms with Gasteiger partial charge in [-0.1, -0.05) is 197 Å². The van der Waals surface area contributed by atoms with Crippen molar-refractivity contribution in [1.29, 1.82) is 0 Å². The lowest BCUT2D eigenvalue weighted by atomic mass is 9.78. The van der Waals surface area contributed by atoms with E-state index >= 15 is 0 Å². The van der Waals surface area contributed by atoms with E-state index in [9.17, 15) is 0 Å². The van der Waals surface area contributed by atoms with Gasteiger partial charge in [0.2, 0.25) is 0 Å². The normalized spacial score (nSPS) is 17.0. The van der Waals surface area contributed by atoms with E-state index < -0.39 is 0 Å². The molecule has 1 heterocycles. The van der Waals surface area contributed by atoms with Crippen molar-refractivity contribution in [3.63, 3.8) is 0 Å². The molecule has 45 heavy (non-hydrogen) atoms. The van der Waals surface area contributed by atoms with Crippen LogP contribution in [0.15, 0.2) is 73.1 Å². The average molecular weight is 615 g/mol. The zero-order chi connectivity index (χ0) is 31.8. The maximum atomic E-state index is 2.78. The van der Waals surface area contributed by atoms with Gasteiger partial charge in [0, 0.05) is 37.8 Å². The van der Waals surface area contributed by atoms with Crippen molar-refractivity contribution in [3.05, 3.63) is 84.2 Å². The van der Waals surface area contributed by atoms with Crippen molar-refractivity contribution in [1.82, 2.24) is 9.80 Å². The molecule has 3 rings (SSSR count). The number of unbranched alkanes of at least 4 members (excludes halogenated alkanes) is 18. The summed E-state index contributed by atoms with van der Waals surface area (Å²) in [7, 11) is 0.